The molecule has 0 aromatic heterocycles. The molecule has 0 spiro atoms. The molecule has 7 nitrogen and oxygen atoms in total. The van der Waals surface area contributed by atoms with Crippen molar-refractivity contribution in [3.05, 3.63) is 24.3 Å². The zero-order valence-electron chi connectivity index (χ0n) is 15.8. The molecule has 1 atom stereocenters. The van der Waals surface area contributed by atoms with E-state index < -0.39 is 0 Å². The molecule has 0 bridgehead atoms. The summed E-state index contributed by atoms with van der Waals surface area (Å²) >= 11 is 0. The van der Waals surface area contributed by atoms with E-state index >= 15 is 0 Å². The molecule has 7 heteroatoms. The van der Waals surface area contributed by atoms with Crippen LogP contribution in [0.5, 0.6) is 5.75 Å². The molecule has 2 heterocycles. The Labute approximate surface area is 159 Å². The number of rotatable bonds is 7. The van der Waals surface area contributed by atoms with Gasteiger partial charge in [-0.3, -0.25) is 14.4 Å². The zero-order chi connectivity index (χ0) is 19.2. The maximum Gasteiger partial charge on any atom is 0.260 e. The van der Waals surface area contributed by atoms with E-state index in [9.17, 15) is 14.4 Å². The van der Waals surface area contributed by atoms with Crippen LogP contribution in [0.25, 0.3) is 0 Å². The number of ether oxygens (including phenoxy) is 1. The highest BCUT2D eigenvalue weighted by Gasteiger charge is 2.34. The molecular weight excluding hydrogens is 346 g/mol. The van der Waals surface area contributed by atoms with Gasteiger partial charge in [0.05, 0.1) is 5.92 Å². The van der Waals surface area contributed by atoms with Gasteiger partial charge in [0, 0.05) is 38.3 Å². The highest BCUT2D eigenvalue weighted by molar-refractivity contribution is 6.00. The number of carbonyl (C=O) groups excluding carboxylic acids is 3. The number of nitrogens with one attached hydrogen (secondary N) is 1. The first-order valence-corrected chi connectivity index (χ1v) is 9.67. The number of hydrogen-bond acceptors (Lipinski definition) is 4. The molecule has 3 rings (SSSR count). The second kappa shape index (κ2) is 8.88. The lowest BCUT2D eigenvalue weighted by Crippen LogP contribution is -2.33. The van der Waals surface area contributed by atoms with Crippen molar-refractivity contribution >= 4 is 23.4 Å². The Morgan fingerprint density at radius 1 is 1.19 bits per heavy atom. The molecule has 146 valence electrons. The summed E-state index contributed by atoms with van der Waals surface area (Å²) in [4.78, 5) is 39.8. The monoisotopic (exact) mass is 373 g/mol. The largest absolute Gasteiger partial charge is 0.484 e. The summed E-state index contributed by atoms with van der Waals surface area (Å²) in [6.45, 7) is 4.67. The first kappa shape index (κ1) is 19.2. The zero-order valence-corrected chi connectivity index (χ0v) is 15.8. The van der Waals surface area contributed by atoms with E-state index in [4.69, 9.17) is 4.74 Å². The summed E-state index contributed by atoms with van der Waals surface area (Å²) in [5, 5.41) is 2.85. The Bertz CT molecular complexity index is 683. The van der Waals surface area contributed by atoms with Crippen LogP contribution in [0.1, 0.15) is 32.6 Å². The summed E-state index contributed by atoms with van der Waals surface area (Å²) in [5.41, 5.74) is 0.740. The number of hydrogen-bond donors (Lipinski definition) is 1. The van der Waals surface area contributed by atoms with Crippen LogP contribution < -0.4 is 15.0 Å². The minimum Gasteiger partial charge on any atom is -0.484 e. The molecule has 2 saturated heterocycles. The number of benzene rings is 1. The molecule has 1 aromatic carbocycles. The second-order valence-electron chi connectivity index (χ2n) is 7.07. The number of amides is 3. The van der Waals surface area contributed by atoms with E-state index in [-0.39, 0.29) is 36.7 Å². The van der Waals surface area contributed by atoms with Crippen LogP contribution in [0.15, 0.2) is 24.3 Å². The number of carbonyl (C=O) groups is 3. The Kier molecular flexibility index (Phi) is 6.32. The van der Waals surface area contributed by atoms with Crippen molar-refractivity contribution in [3.63, 3.8) is 0 Å². The Hall–Kier alpha value is -2.57. The molecule has 2 fully saturated rings. The van der Waals surface area contributed by atoms with E-state index in [2.05, 4.69) is 5.32 Å². The van der Waals surface area contributed by atoms with Crippen molar-refractivity contribution in [2.75, 3.05) is 37.7 Å². The first-order valence-electron chi connectivity index (χ1n) is 9.67. The van der Waals surface area contributed by atoms with Gasteiger partial charge in [0.1, 0.15) is 5.75 Å². The van der Waals surface area contributed by atoms with E-state index in [1.54, 1.807) is 29.2 Å². The molecule has 1 N–H and O–H groups in total. The van der Waals surface area contributed by atoms with Gasteiger partial charge in [0.2, 0.25) is 11.8 Å². The maximum absolute atomic E-state index is 12.3. The highest BCUT2D eigenvalue weighted by atomic mass is 16.5. The van der Waals surface area contributed by atoms with Crippen LogP contribution in [-0.2, 0) is 14.4 Å². The fourth-order valence-corrected chi connectivity index (χ4v) is 3.45. The van der Waals surface area contributed by atoms with Gasteiger partial charge in [-0.2, -0.15) is 0 Å². The van der Waals surface area contributed by atoms with Crippen molar-refractivity contribution in [1.29, 1.82) is 0 Å². The molecule has 27 heavy (non-hydrogen) atoms. The van der Waals surface area contributed by atoms with Crippen molar-refractivity contribution in [2.45, 2.75) is 32.6 Å². The van der Waals surface area contributed by atoms with Gasteiger partial charge in [0.15, 0.2) is 6.61 Å². The molecule has 0 unspecified atom stereocenters. The Morgan fingerprint density at radius 3 is 2.56 bits per heavy atom. The van der Waals surface area contributed by atoms with Crippen molar-refractivity contribution in [2.24, 2.45) is 5.92 Å². The minimum absolute atomic E-state index is 0.00670. The van der Waals surface area contributed by atoms with Gasteiger partial charge < -0.3 is 19.9 Å². The molecule has 2 aliphatic heterocycles. The molecular formula is C20H27N3O4. The van der Waals surface area contributed by atoms with Crippen LogP contribution >= 0.6 is 0 Å². The Morgan fingerprint density at radius 2 is 1.89 bits per heavy atom. The average molecular weight is 373 g/mol. The predicted octanol–water partition coefficient (Wildman–Crippen LogP) is 1.57. The van der Waals surface area contributed by atoms with Crippen LogP contribution in [0.3, 0.4) is 0 Å². The van der Waals surface area contributed by atoms with E-state index in [0.717, 1.165) is 38.0 Å². The summed E-state index contributed by atoms with van der Waals surface area (Å²) < 4.78 is 5.57. The summed E-state index contributed by atoms with van der Waals surface area (Å²) in [6, 6.07) is 7.09. The lowest BCUT2D eigenvalue weighted by molar-refractivity contribution is -0.132. The molecule has 0 radical (unpaired) electrons. The highest BCUT2D eigenvalue weighted by Crippen LogP contribution is 2.27. The lowest BCUT2D eigenvalue weighted by Gasteiger charge is -2.18. The quantitative estimate of drug-likeness (QED) is 0.787. The van der Waals surface area contributed by atoms with E-state index in [0.29, 0.717) is 18.8 Å². The Balaban J connectivity index is 1.53. The predicted molar refractivity (Wildman–Crippen MR) is 102 cm³/mol. The van der Waals surface area contributed by atoms with Gasteiger partial charge in [0.25, 0.3) is 5.91 Å². The molecule has 0 aliphatic carbocycles. The third-order valence-electron chi connectivity index (χ3n) is 5.01. The lowest BCUT2D eigenvalue weighted by atomic mass is 10.1. The summed E-state index contributed by atoms with van der Waals surface area (Å²) in [5.74, 6) is 0.179. The average Bonchev–Trinajstić information content (AvgIpc) is 3.34. The molecule has 1 aromatic rings. The van der Waals surface area contributed by atoms with Crippen molar-refractivity contribution in [3.8, 4) is 5.75 Å². The van der Waals surface area contributed by atoms with Gasteiger partial charge in [-0.15, -0.1) is 0 Å². The summed E-state index contributed by atoms with van der Waals surface area (Å²) in [7, 11) is 0. The van der Waals surface area contributed by atoms with Crippen LogP contribution in [0, 0.1) is 5.92 Å². The fourth-order valence-electron chi connectivity index (χ4n) is 3.45. The normalized spacial score (nSPS) is 19.4. The third kappa shape index (κ3) is 4.78. The smallest absolute Gasteiger partial charge is 0.260 e. The van der Waals surface area contributed by atoms with Gasteiger partial charge in [-0.05, 0) is 43.5 Å². The van der Waals surface area contributed by atoms with Crippen LogP contribution in [-0.4, -0.2) is 55.4 Å². The number of likely N-dealkylation sites (tertiary alicyclic amines) is 1. The SMILES string of the molecule is CCCNC(=O)[C@H]1CC(=O)N(c2ccc(OCC(=O)N3CCCC3)cc2)C1. The van der Waals surface area contributed by atoms with Gasteiger partial charge >= 0.3 is 0 Å². The second-order valence-corrected chi connectivity index (χ2v) is 7.07. The van der Waals surface area contributed by atoms with E-state index in [1.807, 2.05) is 11.8 Å². The standard InChI is InChI=1S/C20H27N3O4/c1-2-9-21-20(26)15-12-18(24)23(13-15)16-5-7-17(8-6-16)27-14-19(25)22-10-3-4-11-22/h5-8,15H,2-4,9-14H2,1H3,(H,21,26)/t15-/m0/s1. The van der Waals surface area contributed by atoms with Gasteiger partial charge in [-0.25, -0.2) is 0 Å². The summed E-state index contributed by atoms with van der Waals surface area (Å²) in [6.07, 6.45) is 3.22. The van der Waals surface area contributed by atoms with Gasteiger partial charge in [-0.1, -0.05) is 6.92 Å². The molecule has 3 amide bonds. The van der Waals surface area contributed by atoms with Crippen molar-refractivity contribution < 1.29 is 19.1 Å². The van der Waals surface area contributed by atoms with Crippen LogP contribution in [0.2, 0.25) is 0 Å². The topological polar surface area (TPSA) is 79.0 Å². The molecule has 0 saturated carbocycles. The number of nitrogens with zero attached hydrogens (tertiary/aromatic N) is 2. The van der Waals surface area contributed by atoms with Crippen LogP contribution in [0.4, 0.5) is 5.69 Å². The van der Waals surface area contributed by atoms with E-state index in [1.165, 1.54) is 0 Å². The fraction of sp³-hybridized carbons (Fsp3) is 0.550. The first-order chi connectivity index (χ1) is 13.1. The number of anilines is 1. The minimum atomic E-state index is -0.307. The van der Waals surface area contributed by atoms with Crippen molar-refractivity contribution in [1.82, 2.24) is 10.2 Å². The third-order valence-corrected chi connectivity index (χ3v) is 5.01. The molecule has 2 aliphatic rings. The maximum atomic E-state index is 12.3.